The molecule has 0 aromatic rings. The molecule has 0 aromatic carbocycles. The Bertz CT molecular complexity index is 654. The van der Waals surface area contributed by atoms with E-state index in [2.05, 4.69) is 18.4 Å². The largest absolute Gasteiger partial charge is 0.422 e. The van der Waals surface area contributed by atoms with Gasteiger partial charge in [-0.25, -0.2) is 4.57 Å². The number of aliphatic hydroxyl groups is 1. The molecule has 9 nitrogen and oxygen atoms in total. The predicted molar refractivity (Wildman–Crippen MR) is 135 cm³/mol. The van der Waals surface area contributed by atoms with Crippen LogP contribution in [0.4, 0.5) is 0 Å². The van der Waals surface area contributed by atoms with E-state index >= 15 is 0 Å². The van der Waals surface area contributed by atoms with Crippen molar-refractivity contribution in [3.05, 3.63) is 0 Å². The third kappa shape index (κ3) is 17.2. The molecule has 0 aliphatic rings. The normalized spacial score (nSPS) is 14.9. The first-order valence-electron chi connectivity index (χ1n) is 12.2. The minimum atomic E-state index is -5.37. The van der Waals surface area contributed by atoms with Crippen LogP contribution in [0.15, 0.2) is 0 Å². The van der Waals surface area contributed by atoms with Crippen LogP contribution in [0.1, 0.15) is 124 Å². The van der Waals surface area contributed by atoms with E-state index in [1.54, 1.807) is 0 Å². The van der Waals surface area contributed by atoms with Gasteiger partial charge in [-0.3, -0.25) is 14.2 Å². The van der Waals surface area contributed by atoms with Crippen molar-refractivity contribution in [2.75, 3.05) is 0 Å². The van der Waals surface area contributed by atoms with Crippen LogP contribution in [0.25, 0.3) is 0 Å². The zero-order valence-electron chi connectivity index (χ0n) is 20.9. The molecule has 0 bridgehead atoms. The number of carbonyl (C=O) groups excluding carboxylic acids is 2. The second-order valence-corrected chi connectivity index (χ2v) is 13.1. The predicted octanol–water partition coefficient (Wildman–Crippen LogP) is 6.59. The Kier molecular flexibility index (Phi) is 21.0. The molecule has 0 saturated heterocycles. The van der Waals surface area contributed by atoms with Crippen molar-refractivity contribution in [1.29, 1.82) is 0 Å². The van der Waals surface area contributed by atoms with Crippen LogP contribution in [-0.4, -0.2) is 36.1 Å². The summed E-state index contributed by atoms with van der Waals surface area (Å²) in [4.78, 5) is 49.1. The first-order valence-corrected chi connectivity index (χ1v) is 15.8. The molecule has 2 unspecified atom stereocenters. The summed E-state index contributed by atoms with van der Waals surface area (Å²) < 4.78 is 27.3. The van der Waals surface area contributed by atoms with E-state index < -0.39 is 32.7 Å². The lowest BCUT2D eigenvalue weighted by atomic mass is 10.1. The fourth-order valence-electron chi connectivity index (χ4n) is 3.24. The van der Waals surface area contributed by atoms with Crippen LogP contribution in [-0.2, 0) is 23.2 Å². The third-order valence-corrected chi connectivity index (χ3v) is 9.78. The first-order chi connectivity index (χ1) is 15.7. The standard InChI is InChI=1S/C12H26O8P2.C10H19ClO/c1-3-4-5-6-7-8-9-10-12(14,21(15,16)17)22(18,19)20-11(2)13;1-2-3-4-5-6-7-8-9-10(11)12/h14H,3-10H2,1-2H3,(H,18,19)(H2,15,16,17);2-9H2,1H3. The highest BCUT2D eigenvalue weighted by molar-refractivity contribution is 7.72. The van der Waals surface area contributed by atoms with Crippen molar-refractivity contribution in [1.82, 2.24) is 0 Å². The fraction of sp³-hybridized carbons (Fsp3) is 0.909. The van der Waals surface area contributed by atoms with Gasteiger partial charge in [0.15, 0.2) is 0 Å². The molecular weight excluding hydrogens is 506 g/mol. The second kappa shape index (κ2) is 19.9. The molecule has 0 amide bonds. The molecule has 0 radical (unpaired) electrons. The Morgan fingerprint density at radius 3 is 1.50 bits per heavy atom. The number of halogens is 1. The molecular formula is C22H45ClO9P2. The SMILES string of the molecule is CCCCCCCCCC(=O)Cl.CCCCCCCCCC(O)(P(=O)(O)O)P(=O)(O)OC(C)=O. The van der Waals surface area contributed by atoms with Crippen LogP contribution in [0.2, 0.25) is 0 Å². The molecule has 2 atom stereocenters. The Labute approximate surface area is 209 Å². The Hall–Kier alpha value is -0.270. The van der Waals surface area contributed by atoms with Crippen LogP contribution in [0.3, 0.4) is 0 Å². The summed E-state index contributed by atoms with van der Waals surface area (Å²) in [5.74, 6) is -1.20. The first kappa shape index (κ1) is 35.9. The number of hydrogen-bond donors (Lipinski definition) is 4. The Balaban J connectivity index is 0. The highest BCUT2D eigenvalue weighted by Crippen LogP contribution is 2.71. The van der Waals surface area contributed by atoms with Gasteiger partial charge in [-0.05, 0) is 24.4 Å². The van der Waals surface area contributed by atoms with E-state index in [1.165, 1.54) is 32.1 Å². The smallest absolute Gasteiger partial charge is 0.390 e. The Morgan fingerprint density at radius 1 is 0.765 bits per heavy atom. The summed E-state index contributed by atoms with van der Waals surface area (Å²) in [6, 6.07) is 0. The molecule has 0 saturated carbocycles. The van der Waals surface area contributed by atoms with Gasteiger partial charge in [0, 0.05) is 19.8 Å². The molecule has 0 spiro atoms. The summed E-state index contributed by atoms with van der Waals surface area (Å²) in [7, 11) is -10.6. The summed E-state index contributed by atoms with van der Waals surface area (Å²) in [6.45, 7) is 5.11. The average molecular weight is 551 g/mol. The monoisotopic (exact) mass is 550 g/mol. The number of hydrogen-bond acceptors (Lipinski definition) is 6. The van der Waals surface area contributed by atoms with Crippen LogP contribution >= 0.6 is 26.8 Å². The van der Waals surface area contributed by atoms with E-state index in [0.717, 1.165) is 51.9 Å². The lowest BCUT2D eigenvalue weighted by molar-refractivity contribution is -0.133. The quantitative estimate of drug-likeness (QED) is 0.0790. The van der Waals surface area contributed by atoms with Gasteiger partial charge < -0.3 is 24.3 Å². The summed E-state index contributed by atoms with van der Waals surface area (Å²) in [6.07, 6.45) is 14.3. The maximum absolute atomic E-state index is 11.9. The van der Waals surface area contributed by atoms with Gasteiger partial charge in [0.25, 0.3) is 5.08 Å². The van der Waals surface area contributed by atoms with Crippen molar-refractivity contribution >= 4 is 38.0 Å². The van der Waals surface area contributed by atoms with E-state index in [0.29, 0.717) is 12.8 Å². The topological polar surface area (TPSA) is 158 Å². The molecule has 0 rings (SSSR count). The highest BCUT2D eigenvalue weighted by atomic mass is 35.5. The molecule has 4 N–H and O–H groups in total. The van der Waals surface area contributed by atoms with Crippen LogP contribution < -0.4 is 0 Å². The fourth-order valence-corrected chi connectivity index (χ4v) is 6.20. The van der Waals surface area contributed by atoms with Crippen molar-refractivity contribution < 1.29 is 43.0 Å². The maximum Gasteiger partial charge on any atom is 0.422 e. The molecule has 34 heavy (non-hydrogen) atoms. The number of carbonyl (C=O) groups is 2. The van der Waals surface area contributed by atoms with E-state index in [1.807, 2.05) is 0 Å². The van der Waals surface area contributed by atoms with Gasteiger partial charge in [0.2, 0.25) is 5.24 Å². The lowest BCUT2D eigenvalue weighted by Crippen LogP contribution is -2.30. The Morgan fingerprint density at radius 2 is 1.15 bits per heavy atom. The number of unbranched alkanes of at least 4 members (excludes halogenated alkanes) is 12. The van der Waals surface area contributed by atoms with Crippen molar-refractivity contribution in [3.8, 4) is 0 Å². The van der Waals surface area contributed by atoms with Crippen LogP contribution in [0.5, 0.6) is 0 Å². The van der Waals surface area contributed by atoms with Gasteiger partial charge in [-0.1, -0.05) is 90.9 Å². The van der Waals surface area contributed by atoms with Crippen molar-refractivity contribution in [3.63, 3.8) is 0 Å². The van der Waals surface area contributed by atoms with Gasteiger partial charge in [0.05, 0.1) is 0 Å². The van der Waals surface area contributed by atoms with Crippen LogP contribution in [0, 0.1) is 0 Å². The van der Waals surface area contributed by atoms with E-state index in [-0.39, 0.29) is 11.7 Å². The highest BCUT2D eigenvalue weighted by Gasteiger charge is 2.61. The van der Waals surface area contributed by atoms with Gasteiger partial charge in [-0.15, -0.1) is 0 Å². The zero-order valence-corrected chi connectivity index (χ0v) is 23.5. The van der Waals surface area contributed by atoms with Crippen molar-refractivity contribution in [2.45, 2.75) is 129 Å². The lowest BCUT2D eigenvalue weighted by Gasteiger charge is -2.31. The molecule has 12 heteroatoms. The second-order valence-electron chi connectivity index (χ2n) is 8.52. The molecule has 0 fully saturated rings. The van der Waals surface area contributed by atoms with E-state index in [9.17, 15) is 38.5 Å². The molecule has 0 aliphatic carbocycles. The molecule has 0 aromatic heterocycles. The van der Waals surface area contributed by atoms with Crippen molar-refractivity contribution in [2.24, 2.45) is 0 Å². The summed E-state index contributed by atoms with van der Waals surface area (Å²) in [5.41, 5.74) is 0. The molecule has 0 aliphatic heterocycles. The number of rotatable bonds is 19. The minimum absolute atomic E-state index is 0.138. The molecule has 0 heterocycles. The minimum Gasteiger partial charge on any atom is -0.390 e. The molecule has 204 valence electrons. The third-order valence-electron chi connectivity index (χ3n) is 5.26. The summed E-state index contributed by atoms with van der Waals surface area (Å²) >= 11 is 5.20. The van der Waals surface area contributed by atoms with Gasteiger partial charge >= 0.3 is 21.2 Å². The maximum atomic E-state index is 11.9. The average Bonchev–Trinajstić information content (AvgIpc) is 2.70. The van der Waals surface area contributed by atoms with Gasteiger partial charge in [-0.2, -0.15) is 0 Å². The zero-order chi connectivity index (χ0) is 26.7. The summed E-state index contributed by atoms with van der Waals surface area (Å²) in [5, 5.41) is 6.57. The van der Waals surface area contributed by atoms with Gasteiger partial charge in [0.1, 0.15) is 0 Å². The van der Waals surface area contributed by atoms with E-state index in [4.69, 9.17) is 11.6 Å².